The number of nitrogens with zero attached hydrogens (tertiary/aromatic N) is 2. The van der Waals surface area contributed by atoms with E-state index in [1.54, 1.807) is 0 Å². The number of rotatable bonds is 5. The summed E-state index contributed by atoms with van der Waals surface area (Å²) in [6, 6.07) is 2.05. The Kier molecular flexibility index (Phi) is 3.62. The van der Waals surface area contributed by atoms with Crippen molar-refractivity contribution in [2.75, 3.05) is 13.1 Å². The first-order valence-electron chi connectivity index (χ1n) is 6.37. The Morgan fingerprint density at radius 3 is 2.82 bits per heavy atom. The van der Waals surface area contributed by atoms with Gasteiger partial charge in [0.25, 0.3) is 0 Å². The van der Waals surface area contributed by atoms with Crippen molar-refractivity contribution in [3.8, 4) is 0 Å². The number of Topliss-reactive ketones (excluding diaryl/α,β-unsaturated/α-hetero) is 1. The molecule has 1 aliphatic heterocycles. The van der Waals surface area contributed by atoms with E-state index in [1.807, 2.05) is 24.7 Å². The van der Waals surface area contributed by atoms with Crippen molar-refractivity contribution in [2.24, 2.45) is 18.9 Å². The minimum atomic E-state index is 0.163. The van der Waals surface area contributed by atoms with Crippen LogP contribution in [0.5, 0.6) is 0 Å². The summed E-state index contributed by atoms with van der Waals surface area (Å²) in [5.41, 5.74) is 2.10. The van der Waals surface area contributed by atoms with Gasteiger partial charge in [0.05, 0.1) is 5.69 Å². The van der Waals surface area contributed by atoms with Crippen LogP contribution < -0.4 is 5.32 Å². The molecule has 1 unspecified atom stereocenters. The van der Waals surface area contributed by atoms with Gasteiger partial charge in [-0.15, -0.1) is 0 Å². The van der Waals surface area contributed by atoms with Gasteiger partial charge in [0.1, 0.15) is 5.78 Å². The molecule has 0 radical (unpaired) electrons. The van der Waals surface area contributed by atoms with Crippen LogP contribution in [0.3, 0.4) is 0 Å². The molecule has 0 aromatic carbocycles. The molecule has 0 spiro atoms. The lowest BCUT2D eigenvalue weighted by atomic mass is 9.84. The fraction of sp³-hybridized carbons (Fsp3) is 0.692. The summed E-state index contributed by atoms with van der Waals surface area (Å²) in [6.07, 6.45) is 1.44. The van der Waals surface area contributed by atoms with Crippen LogP contribution >= 0.6 is 0 Å². The summed E-state index contributed by atoms with van der Waals surface area (Å²) in [6.45, 7) is 6.10. The fourth-order valence-corrected chi connectivity index (χ4v) is 2.18. The lowest BCUT2D eigenvalue weighted by molar-refractivity contribution is -0.123. The number of hydrogen-bond donors (Lipinski definition) is 1. The molecule has 2 rings (SSSR count). The molecule has 1 N–H and O–H groups in total. The first kappa shape index (κ1) is 12.3. The summed E-state index contributed by atoms with van der Waals surface area (Å²) in [5, 5.41) is 7.59. The van der Waals surface area contributed by atoms with Crippen LogP contribution in [0.15, 0.2) is 6.07 Å². The molecule has 1 saturated heterocycles. The van der Waals surface area contributed by atoms with Gasteiger partial charge in [-0.25, -0.2) is 0 Å². The van der Waals surface area contributed by atoms with Crippen LogP contribution in [0, 0.1) is 11.8 Å². The standard InChI is InChI=1S/C13H21N3O/c1-4-11-5-12(16(3)15-11)6-13(17)9(2)10-7-14-8-10/h5,9-10,14H,4,6-8H2,1-3H3. The maximum atomic E-state index is 12.1. The second-order valence-corrected chi connectivity index (χ2v) is 4.95. The van der Waals surface area contributed by atoms with Gasteiger partial charge >= 0.3 is 0 Å². The monoisotopic (exact) mass is 235 g/mol. The van der Waals surface area contributed by atoms with E-state index in [-0.39, 0.29) is 5.92 Å². The van der Waals surface area contributed by atoms with E-state index in [4.69, 9.17) is 0 Å². The molecule has 4 nitrogen and oxygen atoms in total. The molecule has 0 bridgehead atoms. The topological polar surface area (TPSA) is 46.9 Å². The van der Waals surface area contributed by atoms with Gasteiger partial charge in [-0.2, -0.15) is 5.10 Å². The fourth-order valence-electron chi connectivity index (χ4n) is 2.18. The molecule has 94 valence electrons. The van der Waals surface area contributed by atoms with Gasteiger partial charge in [-0.3, -0.25) is 9.48 Å². The second-order valence-electron chi connectivity index (χ2n) is 4.95. The zero-order valence-electron chi connectivity index (χ0n) is 10.9. The summed E-state index contributed by atoms with van der Waals surface area (Å²) in [5.74, 6) is 1.03. The zero-order chi connectivity index (χ0) is 12.4. The average Bonchev–Trinajstić information content (AvgIpc) is 2.57. The van der Waals surface area contributed by atoms with Crippen LogP contribution in [0.2, 0.25) is 0 Å². The SMILES string of the molecule is CCc1cc(CC(=O)C(C)C2CNC2)n(C)n1. The molecule has 1 aromatic heterocycles. The molecule has 0 saturated carbocycles. The minimum Gasteiger partial charge on any atom is -0.316 e. The summed E-state index contributed by atoms with van der Waals surface area (Å²) in [4.78, 5) is 12.1. The first-order chi connectivity index (χ1) is 8.11. The molecular weight excluding hydrogens is 214 g/mol. The lowest BCUT2D eigenvalue weighted by Crippen LogP contribution is -2.47. The molecule has 1 aliphatic rings. The minimum absolute atomic E-state index is 0.163. The number of ketones is 1. The average molecular weight is 235 g/mol. The van der Waals surface area contributed by atoms with Gasteiger partial charge in [0, 0.05) is 25.1 Å². The molecular formula is C13H21N3O. The Morgan fingerprint density at radius 2 is 2.35 bits per heavy atom. The lowest BCUT2D eigenvalue weighted by Gasteiger charge is -2.31. The van der Waals surface area contributed by atoms with Gasteiger partial charge < -0.3 is 5.32 Å². The van der Waals surface area contributed by atoms with E-state index < -0.39 is 0 Å². The van der Waals surface area contributed by atoms with Crippen LogP contribution in [0.4, 0.5) is 0 Å². The Labute approximate surface area is 102 Å². The van der Waals surface area contributed by atoms with E-state index in [0.29, 0.717) is 18.1 Å². The van der Waals surface area contributed by atoms with E-state index in [9.17, 15) is 4.79 Å². The van der Waals surface area contributed by atoms with E-state index in [1.165, 1.54) is 0 Å². The maximum absolute atomic E-state index is 12.1. The second kappa shape index (κ2) is 5.00. The van der Waals surface area contributed by atoms with Crippen molar-refractivity contribution in [2.45, 2.75) is 26.7 Å². The zero-order valence-corrected chi connectivity index (χ0v) is 10.9. The van der Waals surface area contributed by atoms with Crippen LogP contribution in [0.1, 0.15) is 25.2 Å². The van der Waals surface area contributed by atoms with Gasteiger partial charge in [0.15, 0.2) is 0 Å². The first-order valence-corrected chi connectivity index (χ1v) is 6.37. The third-order valence-corrected chi connectivity index (χ3v) is 3.77. The third-order valence-electron chi connectivity index (χ3n) is 3.77. The number of aryl methyl sites for hydroxylation is 2. The van der Waals surface area contributed by atoms with E-state index in [2.05, 4.69) is 17.3 Å². The van der Waals surface area contributed by atoms with Gasteiger partial charge in [-0.1, -0.05) is 13.8 Å². The molecule has 1 fully saturated rings. The molecule has 2 heterocycles. The third kappa shape index (κ3) is 2.57. The quantitative estimate of drug-likeness (QED) is 0.826. The van der Waals surface area contributed by atoms with Crippen molar-refractivity contribution in [1.82, 2.24) is 15.1 Å². The van der Waals surface area contributed by atoms with Crippen molar-refractivity contribution in [3.63, 3.8) is 0 Å². The molecule has 0 amide bonds. The van der Waals surface area contributed by atoms with Crippen LogP contribution in [0.25, 0.3) is 0 Å². The van der Waals surface area contributed by atoms with Crippen molar-refractivity contribution in [3.05, 3.63) is 17.5 Å². The van der Waals surface area contributed by atoms with E-state index >= 15 is 0 Å². The summed E-state index contributed by atoms with van der Waals surface area (Å²) in [7, 11) is 1.91. The molecule has 17 heavy (non-hydrogen) atoms. The number of aromatic nitrogens is 2. The molecule has 0 aliphatic carbocycles. The van der Waals surface area contributed by atoms with Gasteiger partial charge in [-0.05, 0) is 31.5 Å². The van der Waals surface area contributed by atoms with E-state index in [0.717, 1.165) is 30.9 Å². The highest BCUT2D eigenvalue weighted by Gasteiger charge is 2.28. The van der Waals surface area contributed by atoms with Crippen molar-refractivity contribution < 1.29 is 4.79 Å². The number of carbonyl (C=O) groups excluding carboxylic acids is 1. The highest BCUT2D eigenvalue weighted by molar-refractivity contribution is 5.83. The smallest absolute Gasteiger partial charge is 0.141 e. The predicted octanol–water partition coefficient (Wildman–Crippen LogP) is 0.950. The highest BCUT2D eigenvalue weighted by Crippen LogP contribution is 2.19. The Balaban J connectivity index is 1.99. The molecule has 4 heteroatoms. The largest absolute Gasteiger partial charge is 0.316 e. The molecule has 1 aromatic rings. The van der Waals surface area contributed by atoms with Crippen molar-refractivity contribution in [1.29, 1.82) is 0 Å². The number of nitrogens with one attached hydrogen (secondary N) is 1. The maximum Gasteiger partial charge on any atom is 0.141 e. The number of carbonyl (C=O) groups is 1. The van der Waals surface area contributed by atoms with Crippen LogP contribution in [-0.2, 0) is 24.7 Å². The van der Waals surface area contributed by atoms with Gasteiger partial charge in [0.2, 0.25) is 0 Å². The Bertz CT molecular complexity index is 407. The Morgan fingerprint density at radius 1 is 1.65 bits per heavy atom. The normalized spacial score (nSPS) is 17.8. The summed E-state index contributed by atoms with van der Waals surface area (Å²) < 4.78 is 1.84. The highest BCUT2D eigenvalue weighted by atomic mass is 16.1. The van der Waals surface area contributed by atoms with Crippen LogP contribution in [-0.4, -0.2) is 28.7 Å². The summed E-state index contributed by atoms with van der Waals surface area (Å²) >= 11 is 0. The number of hydrogen-bond acceptors (Lipinski definition) is 3. The Hall–Kier alpha value is -1.16. The predicted molar refractivity (Wildman–Crippen MR) is 66.8 cm³/mol. The molecule has 1 atom stereocenters. The van der Waals surface area contributed by atoms with Crippen molar-refractivity contribution >= 4 is 5.78 Å².